The van der Waals surface area contributed by atoms with E-state index in [1.807, 2.05) is 46.8 Å². The molecule has 0 aliphatic carbocycles. The largest absolute Gasteiger partial charge is 0.444 e. The summed E-state index contributed by atoms with van der Waals surface area (Å²) >= 11 is 0. The van der Waals surface area contributed by atoms with Gasteiger partial charge in [0.25, 0.3) is 0 Å². The molecule has 180 valence electrons. The summed E-state index contributed by atoms with van der Waals surface area (Å²) in [5.41, 5.74) is 0.413. The van der Waals surface area contributed by atoms with E-state index in [9.17, 15) is 9.59 Å². The Kier molecular flexibility index (Phi) is 10.1. The van der Waals surface area contributed by atoms with E-state index in [4.69, 9.17) is 9.47 Å². The molecule has 1 heterocycles. The van der Waals surface area contributed by atoms with E-state index in [1.54, 1.807) is 12.1 Å². The van der Waals surface area contributed by atoms with Gasteiger partial charge in [0.2, 0.25) is 0 Å². The maximum absolute atomic E-state index is 13.2. The summed E-state index contributed by atoms with van der Waals surface area (Å²) in [5.74, 6) is -0.146. The van der Waals surface area contributed by atoms with E-state index in [0.717, 1.165) is 45.8 Å². The molecular formula is C25H41N3O4. The van der Waals surface area contributed by atoms with Crippen molar-refractivity contribution in [2.45, 2.75) is 59.6 Å². The Labute approximate surface area is 193 Å². The minimum Gasteiger partial charge on any atom is -0.444 e. The van der Waals surface area contributed by atoms with Crippen LogP contribution in [-0.4, -0.2) is 79.3 Å². The third kappa shape index (κ3) is 8.19. The number of para-hydroxylation sites is 1. The molecule has 0 spiro atoms. The zero-order valence-electron chi connectivity index (χ0n) is 20.6. The summed E-state index contributed by atoms with van der Waals surface area (Å²) < 4.78 is 10.9. The lowest BCUT2D eigenvalue weighted by molar-refractivity contribution is 0.0361. The fourth-order valence-corrected chi connectivity index (χ4v) is 4.09. The van der Waals surface area contributed by atoms with Crippen molar-refractivity contribution in [1.82, 2.24) is 9.80 Å². The predicted molar refractivity (Wildman–Crippen MR) is 128 cm³/mol. The lowest BCUT2D eigenvalue weighted by Crippen LogP contribution is -2.54. The number of carbonyl (C=O) groups excluding carboxylic acids is 2. The number of piperazine rings is 1. The number of ketones is 1. The SMILES string of the molecule is CCOCCN1CCN(C[C@@H](C)C(=O)c2ccccc2NC(=O)OC(C)(C)C)C[C@H]1CC. The molecule has 1 aromatic rings. The van der Waals surface area contributed by atoms with Crippen LogP contribution in [0.15, 0.2) is 24.3 Å². The van der Waals surface area contributed by atoms with E-state index in [2.05, 4.69) is 22.0 Å². The Hall–Kier alpha value is -1.96. The number of Topliss-reactive ketones (excluding diaryl/α,β-unsaturated/α-hetero) is 1. The van der Waals surface area contributed by atoms with Crippen LogP contribution in [-0.2, 0) is 9.47 Å². The van der Waals surface area contributed by atoms with Gasteiger partial charge in [0, 0.05) is 56.9 Å². The van der Waals surface area contributed by atoms with Gasteiger partial charge in [-0.1, -0.05) is 26.0 Å². The third-order valence-electron chi connectivity index (χ3n) is 5.69. The number of nitrogens with zero attached hydrogens (tertiary/aromatic N) is 2. The molecule has 1 aliphatic heterocycles. The van der Waals surface area contributed by atoms with Gasteiger partial charge < -0.3 is 9.47 Å². The summed E-state index contributed by atoms with van der Waals surface area (Å²) in [7, 11) is 0. The molecule has 7 heteroatoms. The molecular weight excluding hydrogens is 406 g/mol. The monoisotopic (exact) mass is 447 g/mol. The second kappa shape index (κ2) is 12.3. The zero-order chi connectivity index (χ0) is 23.7. The van der Waals surface area contributed by atoms with Crippen molar-refractivity contribution in [3.05, 3.63) is 29.8 Å². The van der Waals surface area contributed by atoms with E-state index >= 15 is 0 Å². The molecule has 1 aromatic carbocycles. The molecule has 7 nitrogen and oxygen atoms in total. The summed E-state index contributed by atoms with van der Waals surface area (Å²) in [4.78, 5) is 30.4. The molecule has 2 rings (SSSR count). The number of rotatable bonds is 10. The first-order valence-electron chi connectivity index (χ1n) is 11.8. The number of benzene rings is 1. The van der Waals surface area contributed by atoms with Crippen LogP contribution in [0.25, 0.3) is 0 Å². The molecule has 0 bridgehead atoms. The Morgan fingerprint density at radius 2 is 1.91 bits per heavy atom. The maximum Gasteiger partial charge on any atom is 0.412 e. The molecule has 0 unspecified atom stereocenters. The van der Waals surface area contributed by atoms with Crippen molar-refractivity contribution in [2.75, 3.05) is 51.3 Å². The van der Waals surface area contributed by atoms with Crippen LogP contribution in [0, 0.1) is 5.92 Å². The summed E-state index contributed by atoms with van der Waals surface area (Å²) in [6.45, 7) is 17.7. The van der Waals surface area contributed by atoms with Gasteiger partial charge in [-0.2, -0.15) is 0 Å². The van der Waals surface area contributed by atoms with Gasteiger partial charge >= 0.3 is 6.09 Å². The molecule has 1 saturated heterocycles. The normalized spacial score (nSPS) is 18.9. The van der Waals surface area contributed by atoms with Crippen molar-refractivity contribution in [2.24, 2.45) is 5.92 Å². The smallest absolute Gasteiger partial charge is 0.412 e. The second-order valence-corrected chi connectivity index (χ2v) is 9.49. The quantitative estimate of drug-likeness (QED) is 0.426. The number of nitrogens with one attached hydrogen (secondary N) is 1. The molecule has 1 N–H and O–H groups in total. The Morgan fingerprint density at radius 3 is 2.56 bits per heavy atom. The van der Waals surface area contributed by atoms with Crippen molar-refractivity contribution < 1.29 is 19.1 Å². The van der Waals surface area contributed by atoms with Gasteiger partial charge in [-0.25, -0.2) is 4.79 Å². The first-order valence-corrected chi connectivity index (χ1v) is 11.8. The number of hydrogen-bond donors (Lipinski definition) is 1. The van der Waals surface area contributed by atoms with Crippen LogP contribution in [0.1, 0.15) is 58.3 Å². The molecule has 0 aromatic heterocycles. The highest BCUT2D eigenvalue weighted by Crippen LogP contribution is 2.22. The molecule has 0 saturated carbocycles. The van der Waals surface area contributed by atoms with E-state index in [0.29, 0.717) is 23.8 Å². The third-order valence-corrected chi connectivity index (χ3v) is 5.69. The van der Waals surface area contributed by atoms with Gasteiger partial charge in [0.15, 0.2) is 5.78 Å². The number of anilines is 1. The van der Waals surface area contributed by atoms with E-state index in [1.165, 1.54) is 0 Å². The highest BCUT2D eigenvalue weighted by Gasteiger charge is 2.28. The van der Waals surface area contributed by atoms with Crippen molar-refractivity contribution in [1.29, 1.82) is 0 Å². The number of hydrogen-bond acceptors (Lipinski definition) is 6. The average molecular weight is 448 g/mol. The van der Waals surface area contributed by atoms with Crippen LogP contribution in [0.2, 0.25) is 0 Å². The fraction of sp³-hybridized carbons (Fsp3) is 0.680. The van der Waals surface area contributed by atoms with Crippen LogP contribution < -0.4 is 5.32 Å². The molecule has 0 radical (unpaired) electrons. The summed E-state index contributed by atoms with van der Waals surface area (Å²) in [5, 5.41) is 2.74. The highest BCUT2D eigenvalue weighted by atomic mass is 16.6. The summed E-state index contributed by atoms with van der Waals surface area (Å²) in [6.07, 6.45) is 0.521. The molecule has 1 amide bonds. The first kappa shape index (κ1) is 26.3. The van der Waals surface area contributed by atoms with E-state index in [-0.39, 0.29) is 11.7 Å². The lowest BCUT2D eigenvalue weighted by Gasteiger charge is -2.41. The van der Waals surface area contributed by atoms with Crippen molar-refractivity contribution >= 4 is 17.6 Å². The molecule has 1 aliphatic rings. The van der Waals surface area contributed by atoms with E-state index < -0.39 is 11.7 Å². The Bertz CT molecular complexity index is 747. The van der Waals surface area contributed by atoms with Crippen LogP contribution >= 0.6 is 0 Å². The second-order valence-electron chi connectivity index (χ2n) is 9.49. The molecule has 1 fully saturated rings. The van der Waals surface area contributed by atoms with Gasteiger partial charge in [0.1, 0.15) is 5.60 Å². The average Bonchev–Trinajstić information content (AvgIpc) is 2.73. The van der Waals surface area contributed by atoms with Crippen molar-refractivity contribution in [3.63, 3.8) is 0 Å². The number of amides is 1. The minimum atomic E-state index is -0.600. The highest BCUT2D eigenvalue weighted by molar-refractivity contribution is 6.05. The van der Waals surface area contributed by atoms with Gasteiger partial charge in [-0.3, -0.25) is 19.9 Å². The number of ether oxygens (including phenoxy) is 2. The van der Waals surface area contributed by atoms with Gasteiger partial charge in [-0.05, 0) is 46.2 Å². The Balaban J connectivity index is 1.97. The van der Waals surface area contributed by atoms with Crippen LogP contribution in [0.5, 0.6) is 0 Å². The maximum atomic E-state index is 13.2. The van der Waals surface area contributed by atoms with Crippen molar-refractivity contribution in [3.8, 4) is 0 Å². The van der Waals surface area contributed by atoms with Crippen LogP contribution in [0.3, 0.4) is 0 Å². The number of carbonyl (C=O) groups is 2. The standard InChI is InChI=1S/C25H41N3O4/c1-7-20-18-27(13-14-28(20)15-16-31-8-2)17-19(3)23(29)21-11-9-10-12-22(21)26-24(30)32-25(4,5)6/h9-12,19-20H,7-8,13-18H2,1-6H3,(H,26,30)/t19-,20-/m1/s1. The fourth-order valence-electron chi connectivity index (χ4n) is 4.09. The lowest BCUT2D eigenvalue weighted by atomic mass is 9.96. The zero-order valence-corrected chi connectivity index (χ0v) is 20.6. The predicted octanol–water partition coefficient (Wildman–Crippen LogP) is 4.29. The topological polar surface area (TPSA) is 71.1 Å². The van der Waals surface area contributed by atoms with Gasteiger partial charge in [-0.15, -0.1) is 0 Å². The van der Waals surface area contributed by atoms with Gasteiger partial charge in [0.05, 0.1) is 12.3 Å². The summed E-state index contributed by atoms with van der Waals surface area (Å²) in [6, 6.07) is 7.62. The molecule has 2 atom stereocenters. The molecule has 32 heavy (non-hydrogen) atoms. The minimum absolute atomic E-state index is 0.0310. The van der Waals surface area contributed by atoms with Crippen LogP contribution in [0.4, 0.5) is 10.5 Å². The first-order chi connectivity index (χ1) is 15.1. The Morgan fingerprint density at radius 1 is 1.19 bits per heavy atom.